The van der Waals surface area contributed by atoms with Crippen LogP contribution in [0.5, 0.6) is 0 Å². The van der Waals surface area contributed by atoms with Gasteiger partial charge >= 0.3 is 0 Å². The zero-order valence-corrected chi connectivity index (χ0v) is 9.71. The third kappa shape index (κ3) is 3.79. The van der Waals surface area contributed by atoms with Gasteiger partial charge in [-0.05, 0) is 33.4 Å². The van der Waals surface area contributed by atoms with E-state index in [4.69, 9.17) is 23.2 Å². The Labute approximate surface area is 85.3 Å². The van der Waals surface area contributed by atoms with Gasteiger partial charge in [-0.3, -0.25) is 4.90 Å². The minimum absolute atomic E-state index is 0.0305. The highest BCUT2D eigenvalue weighted by Gasteiger charge is 2.21. The summed E-state index contributed by atoms with van der Waals surface area (Å²) in [5, 5.41) is 0. The number of nitrogens with zero attached hydrogens (tertiary/aromatic N) is 1. The molecule has 0 radical (unpaired) electrons. The van der Waals surface area contributed by atoms with Crippen molar-refractivity contribution in [3.05, 3.63) is 11.1 Å². The molecule has 12 heavy (non-hydrogen) atoms. The van der Waals surface area contributed by atoms with E-state index in [0.29, 0.717) is 5.88 Å². The Hall–Kier alpha value is 0.280. The Kier molecular flexibility index (Phi) is 5.22. The van der Waals surface area contributed by atoms with Gasteiger partial charge in [0.15, 0.2) is 0 Å². The maximum absolute atomic E-state index is 5.82. The van der Waals surface area contributed by atoms with Crippen LogP contribution in [-0.4, -0.2) is 29.9 Å². The lowest BCUT2D eigenvalue weighted by atomic mass is 10.1. The molecule has 0 aromatic carbocycles. The van der Waals surface area contributed by atoms with Gasteiger partial charge in [0.05, 0.1) is 0 Å². The zero-order chi connectivity index (χ0) is 9.78. The number of likely N-dealkylation sites (N-methyl/N-ethyl adjacent to an activating group) is 1. The number of hydrogen-bond acceptors (Lipinski definition) is 1. The summed E-state index contributed by atoms with van der Waals surface area (Å²) >= 11 is 11.4. The van der Waals surface area contributed by atoms with E-state index in [-0.39, 0.29) is 5.54 Å². The van der Waals surface area contributed by atoms with Gasteiger partial charge in [-0.2, -0.15) is 0 Å². The molecule has 0 saturated carbocycles. The number of alkyl halides is 1. The Morgan fingerprint density at radius 2 is 2.00 bits per heavy atom. The summed E-state index contributed by atoms with van der Waals surface area (Å²) in [5.74, 6) is 0.624. The van der Waals surface area contributed by atoms with E-state index in [1.165, 1.54) is 0 Å². The molecule has 3 heteroatoms. The highest BCUT2D eigenvalue weighted by Crippen LogP contribution is 2.15. The molecule has 0 amide bonds. The smallest absolute Gasteiger partial charge is 0.0402 e. The summed E-state index contributed by atoms with van der Waals surface area (Å²) in [7, 11) is 2.05. The molecule has 0 rings (SSSR count). The Morgan fingerprint density at radius 3 is 2.33 bits per heavy atom. The largest absolute Gasteiger partial charge is 0.296 e. The van der Waals surface area contributed by atoms with E-state index >= 15 is 0 Å². The van der Waals surface area contributed by atoms with Crippen LogP contribution in [0, 0.1) is 0 Å². The van der Waals surface area contributed by atoms with Crippen LogP contribution in [0.1, 0.15) is 20.8 Å². The van der Waals surface area contributed by atoms with Crippen LogP contribution in [-0.2, 0) is 0 Å². The quantitative estimate of drug-likeness (QED) is 0.644. The van der Waals surface area contributed by atoms with Crippen LogP contribution < -0.4 is 0 Å². The van der Waals surface area contributed by atoms with Crippen molar-refractivity contribution in [2.75, 3.05) is 19.5 Å². The molecule has 0 saturated heterocycles. The van der Waals surface area contributed by atoms with Crippen molar-refractivity contribution in [3.63, 3.8) is 0 Å². The van der Waals surface area contributed by atoms with E-state index in [1.54, 1.807) is 5.54 Å². The molecule has 0 atom stereocenters. The van der Waals surface area contributed by atoms with Gasteiger partial charge < -0.3 is 0 Å². The average Bonchev–Trinajstić information content (AvgIpc) is 2.04. The second-order valence-electron chi connectivity index (χ2n) is 3.76. The summed E-state index contributed by atoms with van der Waals surface area (Å²) < 4.78 is 0. The van der Waals surface area contributed by atoms with E-state index in [9.17, 15) is 0 Å². The lowest BCUT2D eigenvalue weighted by Crippen LogP contribution is -2.43. The minimum atomic E-state index is 0.0305. The van der Waals surface area contributed by atoms with Crippen molar-refractivity contribution in [1.29, 1.82) is 0 Å². The monoisotopic (exact) mass is 209 g/mol. The summed E-state index contributed by atoms with van der Waals surface area (Å²) in [6.07, 6.45) is 0. The van der Waals surface area contributed by atoms with Crippen molar-refractivity contribution >= 4 is 23.2 Å². The third-order valence-corrected chi connectivity index (χ3v) is 3.06. The normalized spacial score (nSPS) is 14.1. The third-order valence-electron chi connectivity index (χ3n) is 2.03. The summed E-state index contributed by atoms with van der Waals surface area (Å²) in [5.41, 5.74) is 2.79. The number of hydrogen-bond donors (Lipinski definition) is 0. The zero-order valence-electron chi connectivity index (χ0n) is 8.19. The van der Waals surface area contributed by atoms with Gasteiger partial charge in [-0.15, -0.1) is 11.6 Å². The maximum Gasteiger partial charge on any atom is 0.0402 e. The summed E-state index contributed by atoms with van der Waals surface area (Å²) in [6.45, 7) is 7.10. The molecule has 0 aromatic heterocycles. The lowest BCUT2D eigenvalue weighted by Gasteiger charge is -2.33. The van der Waals surface area contributed by atoms with Crippen LogP contribution in [0.25, 0.3) is 0 Å². The predicted octanol–water partition coefficient (Wildman–Crippen LogP) is 3.08. The van der Waals surface area contributed by atoms with Crippen molar-refractivity contribution in [2.45, 2.75) is 26.3 Å². The molecule has 0 aliphatic carbocycles. The first kappa shape index (κ1) is 12.3. The van der Waals surface area contributed by atoms with Crippen molar-refractivity contribution < 1.29 is 0 Å². The van der Waals surface area contributed by atoms with Crippen molar-refractivity contribution in [1.82, 2.24) is 4.90 Å². The molecule has 0 spiro atoms. The standard InChI is InChI=1S/C9H17Cl2N/c1-8(5-10)6-12(4)9(2,3)7-11/h5H,6-7H2,1-4H3. The Balaban J connectivity index is 4.12. The average molecular weight is 210 g/mol. The van der Waals surface area contributed by atoms with Crippen molar-refractivity contribution in [2.24, 2.45) is 0 Å². The first-order valence-electron chi connectivity index (χ1n) is 3.97. The second kappa shape index (κ2) is 5.11. The maximum atomic E-state index is 5.82. The fourth-order valence-electron chi connectivity index (χ4n) is 0.725. The molecule has 0 bridgehead atoms. The highest BCUT2D eigenvalue weighted by atomic mass is 35.5. The van der Waals surface area contributed by atoms with E-state index in [1.807, 2.05) is 14.0 Å². The molecular weight excluding hydrogens is 193 g/mol. The van der Waals surface area contributed by atoms with Gasteiger partial charge in [-0.25, -0.2) is 0 Å². The molecule has 0 aliphatic rings. The topological polar surface area (TPSA) is 3.24 Å². The molecule has 72 valence electrons. The lowest BCUT2D eigenvalue weighted by molar-refractivity contribution is 0.195. The SMILES string of the molecule is CC(=CCl)CN(C)C(C)(C)CCl. The molecular formula is C9H17Cl2N. The second-order valence-corrected chi connectivity index (χ2v) is 4.24. The molecule has 0 aromatic rings. The van der Waals surface area contributed by atoms with Crippen LogP contribution in [0.2, 0.25) is 0 Å². The van der Waals surface area contributed by atoms with E-state index in [0.717, 1.165) is 12.1 Å². The van der Waals surface area contributed by atoms with Crippen LogP contribution >= 0.6 is 23.2 Å². The molecule has 0 unspecified atom stereocenters. The number of halogens is 2. The van der Waals surface area contributed by atoms with Gasteiger partial charge in [-0.1, -0.05) is 11.6 Å². The fourth-order valence-corrected chi connectivity index (χ4v) is 0.998. The van der Waals surface area contributed by atoms with Crippen molar-refractivity contribution in [3.8, 4) is 0 Å². The minimum Gasteiger partial charge on any atom is -0.296 e. The molecule has 0 N–H and O–H groups in total. The molecule has 1 nitrogen and oxygen atoms in total. The van der Waals surface area contributed by atoms with Crippen LogP contribution in [0.4, 0.5) is 0 Å². The first-order chi connectivity index (χ1) is 5.44. The Morgan fingerprint density at radius 1 is 1.50 bits per heavy atom. The Bertz CT molecular complexity index is 164. The highest BCUT2D eigenvalue weighted by molar-refractivity contribution is 6.25. The van der Waals surface area contributed by atoms with Gasteiger partial charge in [0.2, 0.25) is 0 Å². The van der Waals surface area contributed by atoms with E-state index in [2.05, 4.69) is 18.7 Å². The van der Waals surface area contributed by atoms with Crippen LogP contribution in [0.3, 0.4) is 0 Å². The van der Waals surface area contributed by atoms with Crippen LogP contribution in [0.15, 0.2) is 11.1 Å². The molecule has 0 fully saturated rings. The summed E-state index contributed by atoms with van der Waals surface area (Å²) in [6, 6.07) is 0. The van der Waals surface area contributed by atoms with E-state index < -0.39 is 0 Å². The summed E-state index contributed by atoms with van der Waals surface area (Å²) in [4.78, 5) is 2.19. The fraction of sp³-hybridized carbons (Fsp3) is 0.778. The van der Waals surface area contributed by atoms with Gasteiger partial charge in [0.25, 0.3) is 0 Å². The molecule has 0 aliphatic heterocycles. The van der Waals surface area contributed by atoms with Gasteiger partial charge in [0.1, 0.15) is 0 Å². The van der Waals surface area contributed by atoms with Gasteiger partial charge in [0, 0.05) is 23.5 Å². The first-order valence-corrected chi connectivity index (χ1v) is 4.94. The number of rotatable bonds is 4. The molecule has 0 heterocycles. The predicted molar refractivity (Wildman–Crippen MR) is 57.0 cm³/mol.